The molecule has 1 unspecified atom stereocenters. The van der Waals surface area contributed by atoms with Crippen LogP contribution in [0.2, 0.25) is 0 Å². The highest BCUT2D eigenvalue weighted by Crippen LogP contribution is 2.28. The minimum Gasteiger partial charge on any atom is -0.493 e. The molecule has 0 fully saturated rings. The second-order valence-electron chi connectivity index (χ2n) is 5.78. The Hall–Kier alpha value is -1.80. The van der Waals surface area contributed by atoms with E-state index in [0.717, 1.165) is 31.6 Å². The van der Waals surface area contributed by atoms with Crippen molar-refractivity contribution in [3.8, 4) is 5.75 Å². The molecule has 1 heterocycles. The zero-order chi connectivity index (χ0) is 14.7. The van der Waals surface area contributed by atoms with Crippen molar-refractivity contribution in [2.24, 2.45) is 0 Å². The van der Waals surface area contributed by atoms with Gasteiger partial charge in [0.25, 0.3) is 0 Å². The first-order chi connectivity index (χ1) is 10.3. The van der Waals surface area contributed by atoms with E-state index in [4.69, 9.17) is 4.74 Å². The summed E-state index contributed by atoms with van der Waals surface area (Å²) >= 11 is 0. The van der Waals surface area contributed by atoms with Crippen LogP contribution in [0.15, 0.2) is 42.5 Å². The molecule has 2 nitrogen and oxygen atoms in total. The predicted octanol–water partition coefficient (Wildman–Crippen LogP) is 3.82. The Kier molecular flexibility index (Phi) is 4.26. The van der Waals surface area contributed by atoms with Gasteiger partial charge in [-0.25, -0.2) is 0 Å². The van der Waals surface area contributed by atoms with Crippen molar-refractivity contribution >= 4 is 0 Å². The fourth-order valence-electron chi connectivity index (χ4n) is 3.14. The lowest BCUT2D eigenvalue weighted by Gasteiger charge is -2.19. The van der Waals surface area contributed by atoms with E-state index in [9.17, 15) is 0 Å². The highest BCUT2D eigenvalue weighted by Gasteiger charge is 2.14. The Morgan fingerprint density at radius 2 is 2.05 bits per heavy atom. The average Bonchev–Trinajstić information content (AvgIpc) is 2.97. The maximum Gasteiger partial charge on any atom is 0.122 e. The number of benzene rings is 2. The van der Waals surface area contributed by atoms with Gasteiger partial charge in [0, 0.05) is 12.5 Å². The maximum atomic E-state index is 5.57. The molecule has 3 rings (SSSR count). The van der Waals surface area contributed by atoms with Crippen LogP contribution >= 0.6 is 0 Å². The van der Waals surface area contributed by atoms with Crippen LogP contribution in [-0.4, -0.2) is 13.7 Å². The maximum absolute atomic E-state index is 5.57. The Balaban J connectivity index is 1.70. The van der Waals surface area contributed by atoms with E-state index in [2.05, 4.69) is 54.7 Å². The summed E-state index contributed by atoms with van der Waals surface area (Å²) in [7, 11) is 2.05. The second-order valence-corrected chi connectivity index (χ2v) is 5.78. The van der Waals surface area contributed by atoms with Crippen molar-refractivity contribution in [1.29, 1.82) is 0 Å². The molecule has 110 valence electrons. The Labute approximate surface area is 127 Å². The van der Waals surface area contributed by atoms with Crippen LogP contribution in [0.1, 0.15) is 34.7 Å². The van der Waals surface area contributed by atoms with Crippen LogP contribution in [0.25, 0.3) is 0 Å². The summed E-state index contributed by atoms with van der Waals surface area (Å²) < 4.78 is 5.57. The molecule has 1 aliphatic rings. The molecule has 2 heteroatoms. The third kappa shape index (κ3) is 3.11. The van der Waals surface area contributed by atoms with Crippen molar-refractivity contribution in [2.75, 3.05) is 13.7 Å². The molecule has 0 aliphatic carbocycles. The second kappa shape index (κ2) is 6.31. The molecule has 2 aromatic carbocycles. The third-order valence-electron chi connectivity index (χ3n) is 4.39. The Morgan fingerprint density at radius 1 is 1.19 bits per heavy atom. The van der Waals surface area contributed by atoms with Crippen LogP contribution in [0.5, 0.6) is 5.75 Å². The first-order valence-electron chi connectivity index (χ1n) is 7.75. The van der Waals surface area contributed by atoms with Crippen LogP contribution < -0.4 is 10.1 Å². The van der Waals surface area contributed by atoms with E-state index in [-0.39, 0.29) is 0 Å². The molecule has 0 amide bonds. The third-order valence-corrected chi connectivity index (χ3v) is 4.39. The molecule has 0 bridgehead atoms. The summed E-state index contributed by atoms with van der Waals surface area (Å²) in [5.74, 6) is 1.07. The van der Waals surface area contributed by atoms with E-state index < -0.39 is 0 Å². The van der Waals surface area contributed by atoms with Gasteiger partial charge in [0.15, 0.2) is 0 Å². The standard InChI is InChI=1S/C19H23NO/c1-14-5-3-4-6-17(14)18(20-2)9-7-15-8-10-19-16(13-15)11-12-21-19/h3-6,8,10,13,18,20H,7,9,11-12H2,1-2H3. The van der Waals surface area contributed by atoms with E-state index in [0.29, 0.717) is 6.04 Å². The first kappa shape index (κ1) is 14.2. The fourth-order valence-corrected chi connectivity index (χ4v) is 3.14. The largest absolute Gasteiger partial charge is 0.493 e. The molecule has 0 saturated carbocycles. The molecule has 1 atom stereocenters. The SMILES string of the molecule is CNC(CCc1ccc2c(c1)CCO2)c1ccccc1C. The fraction of sp³-hybridized carbons (Fsp3) is 0.368. The predicted molar refractivity (Wildman–Crippen MR) is 86.9 cm³/mol. The van der Waals surface area contributed by atoms with Crippen molar-refractivity contribution in [3.05, 3.63) is 64.7 Å². The van der Waals surface area contributed by atoms with Gasteiger partial charge in [-0.3, -0.25) is 0 Å². The quantitative estimate of drug-likeness (QED) is 0.899. The minimum absolute atomic E-state index is 0.413. The molecule has 0 spiro atoms. The minimum atomic E-state index is 0.413. The first-order valence-corrected chi connectivity index (χ1v) is 7.75. The molecule has 1 N–H and O–H groups in total. The van der Waals surface area contributed by atoms with Gasteiger partial charge in [0.05, 0.1) is 6.61 Å². The lowest BCUT2D eigenvalue weighted by atomic mass is 9.95. The summed E-state index contributed by atoms with van der Waals surface area (Å²) in [6, 6.07) is 15.7. The topological polar surface area (TPSA) is 21.3 Å². The number of aryl methyl sites for hydroxylation is 2. The van der Waals surface area contributed by atoms with Crippen molar-refractivity contribution in [2.45, 2.75) is 32.2 Å². The molecule has 2 aromatic rings. The summed E-state index contributed by atoms with van der Waals surface area (Å²) in [5.41, 5.74) is 5.54. The van der Waals surface area contributed by atoms with Crippen molar-refractivity contribution < 1.29 is 4.74 Å². The lowest BCUT2D eigenvalue weighted by molar-refractivity contribution is 0.357. The van der Waals surface area contributed by atoms with Gasteiger partial charge in [0.1, 0.15) is 5.75 Å². The Bertz CT molecular complexity index is 621. The van der Waals surface area contributed by atoms with E-state index in [1.54, 1.807) is 0 Å². The number of nitrogens with one attached hydrogen (secondary N) is 1. The number of fused-ring (bicyclic) bond motifs is 1. The smallest absolute Gasteiger partial charge is 0.122 e. The Morgan fingerprint density at radius 3 is 2.86 bits per heavy atom. The molecule has 0 saturated heterocycles. The number of hydrogen-bond acceptors (Lipinski definition) is 2. The van der Waals surface area contributed by atoms with E-state index in [1.807, 2.05) is 7.05 Å². The summed E-state index contributed by atoms with van der Waals surface area (Å²) in [4.78, 5) is 0. The summed E-state index contributed by atoms with van der Waals surface area (Å²) in [6.07, 6.45) is 3.25. The van der Waals surface area contributed by atoms with Gasteiger partial charge in [-0.15, -0.1) is 0 Å². The molecule has 0 radical (unpaired) electrons. The number of rotatable bonds is 5. The van der Waals surface area contributed by atoms with E-state index >= 15 is 0 Å². The van der Waals surface area contributed by atoms with Gasteiger partial charge < -0.3 is 10.1 Å². The summed E-state index contributed by atoms with van der Waals surface area (Å²) in [5, 5.41) is 3.46. The van der Waals surface area contributed by atoms with Crippen LogP contribution in [-0.2, 0) is 12.8 Å². The molecule has 21 heavy (non-hydrogen) atoms. The number of ether oxygens (including phenoxy) is 1. The normalized spacial score (nSPS) is 14.6. The molecular weight excluding hydrogens is 258 g/mol. The van der Waals surface area contributed by atoms with Gasteiger partial charge in [-0.05, 0) is 55.1 Å². The average molecular weight is 281 g/mol. The van der Waals surface area contributed by atoms with Crippen LogP contribution in [0.4, 0.5) is 0 Å². The van der Waals surface area contributed by atoms with Gasteiger partial charge in [-0.2, -0.15) is 0 Å². The zero-order valence-electron chi connectivity index (χ0n) is 12.9. The molecule has 0 aromatic heterocycles. The number of hydrogen-bond donors (Lipinski definition) is 1. The van der Waals surface area contributed by atoms with Crippen molar-refractivity contribution in [1.82, 2.24) is 5.32 Å². The molecular formula is C19H23NO. The summed E-state index contributed by atoms with van der Waals surface area (Å²) in [6.45, 7) is 3.02. The monoisotopic (exact) mass is 281 g/mol. The molecule has 1 aliphatic heterocycles. The van der Waals surface area contributed by atoms with Gasteiger partial charge in [0.2, 0.25) is 0 Å². The van der Waals surface area contributed by atoms with Crippen molar-refractivity contribution in [3.63, 3.8) is 0 Å². The van der Waals surface area contributed by atoms with E-state index in [1.165, 1.54) is 22.3 Å². The van der Waals surface area contributed by atoms with Gasteiger partial charge >= 0.3 is 0 Å². The zero-order valence-corrected chi connectivity index (χ0v) is 12.9. The highest BCUT2D eigenvalue weighted by atomic mass is 16.5. The highest BCUT2D eigenvalue weighted by molar-refractivity contribution is 5.40. The van der Waals surface area contributed by atoms with Gasteiger partial charge in [-0.1, -0.05) is 36.4 Å². The lowest BCUT2D eigenvalue weighted by Crippen LogP contribution is -2.18. The van der Waals surface area contributed by atoms with Crippen LogP contribution in [0, 0.1) is 6.92 Å². The van der Waals surface area contributed by atoms with Crippen LogP contribution in [0.3, 0.4) is 0 Å².